The van der Waals surface area contributed by atoms with Gasteiger partial charge in [-0.2, -0.15) is 0 Å². The molecular weight excluding hydrogens is 326 g/mol. The average molecular weight is 368 g/mol. The fourth-order valence-corrected chi connectivity index (χ4v) is 3.13. The summed E-state index contributed by atoms with van der Waals surface area (Å²) >= 11 is 0. The predicted octanol–water partition coefficient (Wildman–Crippen LogP) is 2.36. The average Bonchev–Trinajstić information content (AvgIpc) is 2.61. The topological polar surface area (TPSA) is 68.8 Å². The van der Waals surface area contributed by atoms with E-state index in [0.29, 0.717) is 12.6 Å². The maximum absolute atomic E-state index is 11.8. The number of carbonyl (C=O) groups excluding carboxylic acids is 1. The molecule has 0 spiro atoms. The zero-order chi connectivity index (χ0) is 19.2. The van der Waals surface area contributed by atoms with E-state index in [1.807, 2.05) is 0 Å². The van der Waals surface area contributed by atoms with Crippen LogP contribution in [0.2, 0.25) is 0 Å². The van der Waals surface area contributed by atoms with Crippen molar-refractivity contribution in [3.05, 3.63) is 0 Å². The molecular formula is C20H41N5O. The van der Waals surface area contributed by atoms with Crippen LogP contribution in [0.4, 0.5) is 0 Å². The van der Waals surface area contributed by atoms with E-state index in [2.05, 4.69) is 48.5 Å². The molecule has 0 aliphatic carbocycles. The molecule has 1 amide bonds. The van der Waals surface area contributed by atoms with Crippen LogP contribution in [0, 0.1) is 5.92 Å². The lowest BCUT2D eigenvalue weighted by Crippen LogP contribution is -2.50. The van der Waals surface area contributed by atoms with Crippen molar-refractivity contribution in [3.63, 3.8) is 0 Å². The minimum Gasteiger partial charge on any atom is -0.357 e. The maximum Gasteiger partial charge on any atom is 0.234 e. The number of rotatable bonds is 11. The summed E-state index contributed by atoms with van der Waals surface area (Å²) in [7, 11) is 0. The Morgan fingerprint density at radius 2 is 1.88 bits per heavy atom. The highest BCUT2D eigenvalue weighted by molar-refractivity contribution is 5.80. The van der Waals surface area contributed by atoms with Crippen LogP contribution in [0.15, 0.2) is 4.99 Å². The molecule has 6 heteroatoms. The van der Waals surface area contributed by atoms with Gasteiger partial charge >= 0.3 is 0 Å². The molecule has 1 rings (SSSR count). The molecule has 0 aromatic carbocycles. The fraction of sp³-hybridized carbons (Fsp3) is 0.900. The molecule has 0 unspecified atom stereocenters. The highest BCUT2D eigenvalue weighted by Crippen LogP contribution is 2.10. The van der Waals surface area contributed by atoms with E-state index in [0.717, 1.165) is 70.3 Å². The Hall–Kier alpha value is -1.30. The van der Waals surface area contributed by atoms with Crippen molar-refractivity contribution in [2.24, 2.45) is 10.9 Å². The molecule has 3 N–H and O–H groups in total. The van der Waals surface area contributed by atoms with Crippen molar-refractivity contribution >= 4 is 11.9 Å². The van der Waals surface area contributed by atoms with Crippen LogP contribution < -0.4 is 16.0 Å². The summed E-state index contributed by atoms with van der Waals surface area (Å²) < 4.78 is 0. The first-order valence-corrected chi connectivity index (χ1v) is 10.6. The van der Waals surface area contributed by atoms with Crippen LogP contribution in [0.3, 0.4) is 0 Å². The van der Waals surface area contributed by atoms with Crippen molar-refractivity contribution in [3.8, 4) is 0 Å². The third kappa shape index (κ3) is 10.6. The molecule has 1 heterocycles. The van der Waals surface area contributed by atoms with E-state index >= 15 is 0 Å². The van der Waals surface area contributed by atoms with Gasteiger partial charge in [0.2, 0.25) is 5.91 Å². The fourth-order valence-electron chi connectivity index (χ4n) is 3.13. The molecule has 1 fully saturated rings. The first kappa shape index (κ1) is 22.7. The predicted molar refractivity (Wildman–Crippen MR) is 111 cm³/mol. The zero-order valence-electron chi connectivity index (χ0n) is 17.4. The number of guanidine groups is 1. The van der Waals surface area contributed by atoms with Crippen molar-refractivity contribution in [2.75, 3.05) is 39.3 Å². The molecule has 0 atom stereocenters. The Morgan fingerprint density at radius 1 is 1.15 bits per heavy atom. The number of hydrogen-bond donors (Lipinski definition) is 3. The Kier molecular flexibility index (Phi) is 12.1. The van der Waals surface area contributed by atoms with Gasteiger partial charge in [-0.05, 0) is 38.5 Å². The van der Waals surface area contributed by atoms with Crippen LogP contribution in [0.25, 0.3) is 0 Å². The number of nitrogens with one attached hydrogen (secondary N) is 3. The molecule has 152 valence electrons. The summed E-state index contributed by atoms with van der Waals surface area (Å²) in [6.07, 6.45) is 6.78. The smallest absolute Gasteiger partial charge is 0.234 e. The molecule has 0 bridgehead atoms. The van der Waals surface area contributed by atoms with Gasteiger partial charge in [-0.15, -0.1) is 0 Å². The summed E-state index contributed by atoms with van der Waals surface area (Å²) in [4.78, 5) is 18.8. The summed E-state index contributed by atoms with van der Waals surface area (Å²) in [5, 5.41) is 9.89. The molecule has 26 heavy (non-hydrogen) atoms. The van der Waals surface area contributed by atoms with Gasteiger partial charge in [0.25, 0.3) is 0 Å². The van der Waals surface area contributed by atoms with E-state index in [1.165, 1.54) is 12.8 Å². The molecule has 0 saturated carbocycles. The van der Waals surface area contributed by atoms with E-state index in [1.54, 1.807) is 0 Å². The van der Waals surface area contributed by atoms with Crippen LogP contribution >= 0.6 is 0 Å². The number of hydrogen-bond acceptors (Lipinski definition) is 3. The quantitative estimate of drug-likeness (QED) is 0.298. The third-order valence-electron chi connectivity index (χ3n) is 4.67. The van der Waals surface area contributed by atoms with Crippen LogP contribution in [-0.4, -0.2) is 62.1 Å². The van der Waals surface area contributed by atoms with E-state index in [-0.39, 0.29) is 5.91 Å². The lowest BCUT2D eigenvalue weighted by atomic mass is 10.1. The van der Waals surface area contributed by atoms with E-state index < -0.39 is 0 Å². The van der Waals surface area contributed by atoms with E-state index in [9.17, 15) is 4.79 Å². The first-order valence-electron chi connectivity index (χ1n) is 10.6. The zero-order valence-corrected chi connectivity index (χ0v) is 17.4. The van der Waals surface area contributed by atoms with Gasteiger partial charge < -0.3 is 16.0 Å². The number of likely N-dealkylation sites (tertiary alicyclic amines) is 1. The van der Waals surface area contributed by atoms with Gasteiger partial charge in [-0.1, -0.05) is 33.6 Å². The molecule has 0 aromatic heterocycles. The monoisotopic (exact) mass is 367 g/mol. The normalized spacial score (nSPS) is 16.7. The number of nitrogens with zero attached hydrogens (tertiary/aromatic N) is 2. The van der Waals surface area contributed by atoms with Crippen LogP contribution in [0.5, 0.6) is 0 Å². The molecule has 1 aliphatic rings. The van der Waals surface area contributed by atoms with Crippen molar-refractivity contribution in [2.45, 2.75) is 72.3 Å². The van der Waals surface area contributed by atoms with Gasteiger partial charge in [0.05, 0.1) is 6.54 Å². The highest BCUT2D eigenvalue weighted by Gasteiger charge is 2.21. The van der Waals surface area contributed by atoms with Crippen LogP contribution in [-0.2, 0) is 4.79 Å². The van der Waals surface area contributed by atoms with Gasteiger partial charge in [0.1, 0.15) is 0 Å². The summed E-state index contributed by atoms with van der Waals surface area (Å²) in [6.45, 7) is 13.7. The van der Waals surface area contributed by atoms with Gasteiger partial charge in [-0.25, -0.2) is 0 Å². The Morgan fingerprint density at radius 3 is 2.50 bits per heavy atom. The van der Waals surface area contributed by atoms with E-state index in [4.69, 9.17) is 4.99 Å². The van der Waals surface area contributed by atoms with Crippen LogP contribution in [0.1, 0.15) is 66.2 Å². The SMILES string of the molecule is CCCNC(=O)CN1CCC(NC(=NCCCCC(C)C)NCC)CC1. The largest absolute Gasteiger partial charge is 0.357 e. The first-order chi connectivity index (χ1) is 12.5. The number of amides is 1. The highest BCUT2D eigenvalue weighted by atomic mass is 16.2. The molecule has 1 saturated heterocycles. The second-order valence-electron chi connectivity index (χ2n) is 7.69. The van der Waals surface area contributed by atoms with Crippen molar-refractivity contribution in [1.29, 1.82) is 0 Å². The standard InChI is InChI=1S/C20H41N5O/c1-5-12-22-19(26)16-25-14-10-18(11-15-25)24-20(21-6-2)23-13-8-7-9-17(3)4/h17-18H,5-16H2,1-4H3,(H,22,26)(H2,21,23,24). The summed E-state index contributed by atoms with van der Waals surface area (Å²) in [6, 6.07) is 0.443. The number of unbranched alkanes of at least 4 members (excludes halogenated alkanes) is 1. The third-order valence-corrected chi connectivity index (χ3v) is 4.67. The second kappa shape index (κ2) is 13.8. The summed E-state index contributed by atoms with van der Waals surface area (Å²) in [5.74, 6) is 1.87. The minimum absolute atomic E-state index is 0.148. The molecule has 0 aromatic rings. The lowest BCUT2D eigenvalue weighted by Gasteiger charge is -2.32. The Balaban J connectivity index is 2.29. The molecule has 6 nitrogen and oxygen atoms in total. The minimum atomic E-state index is 0.148. The number of aliphatic imine (C=N–C) groups is 1. The van der Waals surface area contributed by atoms with Gasteiger partial charge in [-0.3, -0.25) is 14.7 Å². The number of piperidine rings is 1. The van der Waals surface area contributed by atoms with Crippen molar-refractivity contribution in [1.82, 2.24) is 20.9 Å². The lowest BCUT2D eigenvalue weighted by molar-refractivity contribution is -0.122. The summed E-state index contributed by atoms with van der Waals surface area (Å²) in [5.41, 5.74) is 0. The van der Waals surface area contributed by atoms with Crippen molar-refractivity contribution < 1.29 is 4.79 Å². The molecule has 1 aliphatic heterocycles. The second-order valence-corrected chi connectivity index (χ2v) is 7.69. The number of carbonyl (C=O) groups is 1. The Bertz CT molecular complexity index is 403. The van der Waals surface area contributed by atoms with Gasteiger partial charge in [0, 0.05) is 38.8 Å². The van der Waals surface area contributed by atoms with Gasteiger partial charge in [0.15, 0.2) is 5.96 Å². The Labute approximate surface area is 160 Å². The maximum atomic E-state index is 11.8. The molecule has 0 radical (unpaired) electrons.